The Labute approximate surface area is 124 Å². The fourth-order valence-corrected chi connectivity index (χ4v) is 2.38. The van der Waals surface area contributed by atoms with Crippen molar-refractivity contribution in [2.75, 3.05) is 5.32 Å². The third-order valence-electron chi connectivity index (χ3n) is 3.22. The summed E-state index contributed by atoms with van der Waals surface area (Å²) in [6.07, 6.45) is 0. The highest BCUT2D eigenvalue weighted by molar-refractivity contribution is 6.31. The van der Waals surface area contributed by atoms with Gasteiger partial charge in [0.25, 0.3) is 0 Å². The number of nitrogens with one attached hydrogen (secondary N) is 1. The lowest BCUT2D eigenvalue weighted by molar-refractivity contribution is 0.591. The Morgan fingerprint density at radius 3 is 2.45 bits per heavy atom. The van der Waals surface area contributed by atoms with E-state index in [1.165, 1.54) is 17.7 Å². The van der Waals surface area contributed by atoms with E-state index in [0.717, 1.165) is 11.3 Å². The summed E-state index contributed by atoms with van der Waals surface area (Å²) < 4.78 is 13.0. The minimum absolute atomic E-state index is 0.0657. The van der Waals surface area contributed by atoms with Crippen molar-refractivity contribution < 1.29 is 4.39 Å². The quantitative estimate of drug-likeness (QED) is 0.799. The van der Waals surface area contributed by atoms with Gasteiger partial charge in [0.1, 0.15) is 5.82 Å². The van der Waals surface area contributed by atoms with E-state index in [2.05, 4.69) is 38.2 Å². The zero-order chi connectivity index (χ0) is 14.8. The molecule has 1 N–H and O–H groups in total. The molecule has 0 saturated heterocycles. The molecule has 0 saturated carbocycles. The Morgan fingerprint density at radius 1 is 1.10 bits per heavy atom. The predicted octanol–water partition coefficient (Wildman–Crippen LogP) is 5.39. The Kier molecular flexibility index (Phi) is 4.34. The highest BCUT2D eigenvalue weighted by Gasteiger charge is 2.17. The first-order valence-electron chi connectivity index (χ1n) is 6.65. The lowest BCUT2D eigenvalue weighted by Gasteiger charge is -2.23. The second kappa shape index (κ2) is 5.84. The molecule has 0 unspecified atom stereocenters. The fraction of sp³-hybridized carbons (Fsp3) is 0.294. The van der Waals surface area contributed by atoms with Gasteiger partial charge in [0.15, 0.2) is 0 Å². The van der Waals surface area contributed by atoms with Gasteiger partial charge in [0, 0.05) is 17.3 Å². The van der Waals surface area contributed by atoms with Crippen LogP contribution in [0.5, 0.6) is 0 Å². The van der Waals surface area contributed by atoms with Crippen molar-refractivity contribution in [1.29, 1.82) is 0 Å². The molecule has 2 aromatic carbocycles. The highest BCUT2D eigenvalue weighted by Crippen LogP contribution is 2.30. The molecule has 0 aromatic heterocycles. The van der Waals surface area contributed by atoms with Crippen LogP contribution in [0.2, 0.25) is 5.02 Å². The average Bonchev–Trinajstić information content (AvgIpc) is 2.37. The van der Waals surface area contributed by atoms with Crippen LogP contribution in [0.4, 0.5) is 10.1 Å². The summed E-state index contributed by atoms with van der Waals surface area (Å²) in [5.74, 6) is -0.311. The Balaban J connectivity index is 2.19. The van der Waals surface area contributed by atoms with Crippen LogP contribution in [-0.2, 0) is 12.0 Å². The molecular weight excluding hydrogens is 273 g/mol. The summed E-state index contributed by atoms with van der Waals surface area (Å²) in [4.78, 5) is 0. The third-order valence-corrected chi connectivity index (χ3v) is 3.57. The van der Waals surface area contributed by atoms with Crippen LogP contribution in [0.1, 0.15) is 31.9 Å². The van der Waals surface area contributed by atoms with Gasteiger partial charge in [-0.05, 0) is 34.7 Å². The van der Waals surface area contributed by atoms with Crippen LogP contribution >= 0.6 is 11.6 Å². The molecule has 0 atom stereocenters. The van der Waals surface area contributed by atoms with Gasteiger partial charge in [-0.3, -0.25) is 0 Å². The van der Waals surface area contributed by atoms with Crippen LogP contribution in [0.3, 0.4) is 0 Å². The first kappa shape index (κ1) is 14.9. The Morgan fingerprint density at radius 2 is 1.80 bits per heavy atom. The zero-order valence-electron chi connectivity index (χ0n) is 12.0. The van der Waals surface area contributed by atoms with Crippen LogP contribution in [0.25, 0.3) is 0 Å². The van der Waals surface area contributed by atoms with Gasteiger partial charge in [-0.25, -0.2) is 4.39 Å². The summed E-state index contributed by atoms with van der Waals surface area (Å²) in [5.41, 5.74) is 3.28. The van der Waals surface area contributed by atoms with E-state index in [4.69, 9.17) is 11.6 Å². The summed E-state index contributed by atoms with van der Waals surface area (Å²) >= 11 is 6.05. The summed E-state index contributed by atoms with van der Waals surface area (Å²) in [6, 6.07) is 12.7. The van der Waals surface area contributed by atoms with Crippen molar-refractivity contribution >= 4 is 17.3 Å². The Hall–Kier alpha value is -1.54. The molecule has 2 rings (SSSR count). The molecule has 0 spiro atoms. The maximum absolute atomic E-state index is 13.0. The monoisotopic (exact) mass is 291 g/mol. The molecule has 0 aliphatic carbocycles. The SMILES string of the molecule is CC(C)(C)c1ccccc1NCc1ccc(F)cc1Cl. The van der Waals surface area contributed by atoms with Crippen molar-refractivity contribution in [3.63, 3.8) is 0 Å². The molecule has 0 bridgehead atoms. The molecule has 20 heavy (non-hydrogen) atoms. The van der Waals surface area contributed by atoms with Crippen molar-refractivity contribution in [2.45, 2.75) is 32.7 Å². The number of rotatable bonds is 3. The molecule has 1 nitrogen and oxygen atoms in total. The van der Waals surface area contributed by atoms with Crippen molar-refractivity contribution in [3.8, 4) is 0 Å². The number of halogens is 2. The van der Waals surface area contributed by atoms with Gasteiger partial charge in [0.05, 0.1) is 0 Å². The van der Waals surface area contributed by atoms with E-state index < -0.39 is 0 Å². The molecule has 0 fully saturated rings. The number of hydrogen-bond donors (Lipinski definition) is 1. The minimum atomic E-state index is -0.311. The van der Waals surface area contributed by atoms with E-state index in [1.807, 2.05) is 12.1 Å². The highest BCUT2D eigenvalue weighted by atomic mass is 35.5. The zero-order valence-corrected chi connectivity index (χ0v) is 12.8. The van der Waals surface area contributed by atoms with Crippen LogP contribution < -0.4 is 5.32 Å². The van der Waals surface area contributed by atoms with Gasteiger partial charge < -0.3 is 5.32 Å². The van der Waals surface area contributed by atoms with E-state index in [0.29, 0.717) is 11.6 Å². The topological polar surface area (TPSA) is 12.0 Å². The van der Waals surface area contributed by atoms with E-state index in [-0.39, 0.29) is 11.2 Å². The normalized spacial score (nSPS) is 11.4. The minimum Gasteiger partial charge on any atom is -0.381 e. The lowest BCUT2D eigenvalue weighted by atomic mass is 9.86. The molecule has 3 heteroatoms. The van der Waals surface area contributed by atoms with E-state index in [1.54, 1.807) is 6.07 Å². The summed E-state index contributed by atoms with van der Waals surface area (Å²) in [5, 5.41) is 3.84. The molecule has 0 aliphatic rings. The molecule has 106 valence electrons. The third kappa shape index (κ3) is 3.51. The summed E-state index contributed by atoms with van der Waals surface area (Å²) in [7, 11) is 0. The van der Waals surface area contributed by atoms with E-state index >= 15 is 0 Å². The van der Waals surface area contributed by atoms with Gasteiger partial charge >= 0.3 is 0 Å². The number of para-hydroxylation sites is 1. The number of hydrogen-bond acceptors (Lipinski definition) is 1. The second-order valence-corrected chi connectivity index (χ2v) is 6.29. The average molecular weight is 292 g/mol. The van der Waals surface area contributed by atoms with Crippen LogP contribution in [0.15, 0.2) is 42.5 Å². The molecular formula is C17H19ClFN. The summed E-state index contributed by atoms with van der Waals surface area (Å²) in [6.45, 7) is 7.11. The maximum Gasteiger partial charge on any atom is 0.124 e. The molecule has 0 aliphatic heterocycles. The smallest absolute Gasteiger partial charge is 0.124 e. The fourth-order valence-electron chi connectivity index (χ4n) is 2.15. The number of anilines is 1. The standard InChI is InChI=1S/C17H19ClFN/c1-17(2,3)14-6-4-5-7-16(14)20-11-12-8-9-13(19)10-15(12)18/h4-10,20H,11H2,1-3H3. The van der Waals surface area contributed by atoms with Crippen LogP contribution in [0, 0.1) is 5.82 Å². The van der Waals surface area contributed by atoms with Gasteiger partial charge in [-0.15, -0.1) is 0 Å². The Bertz CT molecular complexity index is 602. The number of benzene rings is 2. The molecule has 0 heterocycles. The van der Waals surface area contributed by atoms with E-state index in [9.17, 15) is 4.39 Å². The largest absolute Gasteiger partial charge is 0.381 e. The van der Waals surface area contributed by atoms with Crippen LogP contribution in [-0.4, -0.2) is 0 Å². The molecule has 0 amide bonds. The van der Waals surface area contributed by atoms with Gasteiger partial charge in [-0.2, -0.15) is 0 Å². The van der Waals surface area contributed by atoms with Crippen molar-refractivity contribution in [3.05, 3.63) is 64.4 Å². The van der Waals surface area contributed by atoms with Gasteiger partial charge in [0.2, 0.25) is 0 Å². The van der Waals surface area contributed by atoms with Crippen molar-refractivity contribution in [1.82, 2.24) is 0 Å². The second-order valence-electron chi connectivity index (χ2n) is 5.88. The predicted molar refractivity (Wildman–Crippen MR) is 83.9 cm³/mol. The molecule has 0 radical (unpaired) electrons. The first-order valence-corrected chi connectivity index (χ1v) is 7.03. The van der Waals surface area contributed by atoms with Gasteiger partial charge in [-0.1, -0.05) is 56.6 Å². The molecule has 2 aromatic rings. The lowest BCUT2D eigenvalue weighted by Crippen LogP contribution is -2.14. The van der Waals surface area contributed by atoms with Crippen molar-refractivity contribution in [2.24, 2.45) is 0 Å². The first-order chi connectivity index (χ1) is 9.38. The maximum atomic E-state index is 13.0.